The molecule has 0 amide bonds. The van der Waals surface area contributed by atoms with Gasteiger partial charge in [0, 0.05) is 12.6 Å². The largest absolute Gasteiger partial charge is 0.487 e. The molecule has 0 bridgehead atoms. The second-order valence-corrected chi connectivity index (χ2v) is 5.18. The van der Waals surface area contributed by atoms with Gasteiger partial charge in [-0.1, -0.05) is 6.07 Å². The number of nitro groups is 1. The topological polar surface area (TPSA) is 88.2 Å². The number of nitriles is 1. The van der Waals surface area contributed by atoms with E-state index in [-0.39, 0.29) is 18.0 Å². The van der Waals surface area contributed by atoms with E-state index in [0.717, 1.165) is 5.56 Å². The zero-order valence-corrected chi connectivity index (χ0v) is 12.0. The van der Waals surface area contributed by atoms with Crippen LogP contribution in [0.5, 0.6) is 5.75 Å². The second-order valence-electron chi connectivity index (χ2n) is 5.18. The number of nitro benzene ring substituents is 1. The molecule has 0 radical (unpaired) electrons. The second kappa shape index (κ2) is 6.87. The fourth-order valence-electron chi connectivity index (χ4n) is 1.61. The van der Waals surface area contributed by atoms with E-state index in [9.17, 15) is 10.1 Å². The molecule has 0 heterocycles. The zero-order valence-electron chi connectivity index (χ0n) is 12.0. The molecule has 0 atom stereocenters. The minimum atomic E-state index is -0.503. The Balaban J connectivity index is 2.83. The first-order chi connectivity index (χ1) is 9.39. The van der Waals surface area contributed by atoms with Crippen LogP contribution < -0.4 is 10.1 Å². The highest BCUT2D eigenvalue weighted by molar-refractivity contribution is 5.48. The predicted octanol–water partition coefficient (Wildman–Crippen LogP) is 2.63. The van der Waals surface area contributed by atoms with Gasteiger partial charge in [0.05, 0.1) is 23.0 Å². The molecule has 1 aromatic carbocycles. The molecule has 0 aliphatic heterocycles. The summed E-state index contributed by atoms with van der Waals surface area (Å²) in [4.78, 5) is 10.5. The Morgan fingerprint density at radius 3 is 2.75 bits per heavy atom. The molecule has 20 heavy (non-hydrogen) atoms. The number of nitrogens with one attached hydrogen (secondary N) is 1. The fraction of sp³-hybridized carbons (Fsp3) is 0.500. The average molecular weight is 277 g/mol. The van der Waals surface area contributed by atoms with Crippen LogP contribution in [0.15, 0.2) is 18.2 Å². The fourth-order valence-corrected chi connectivity index (χ4v) is 1.61. The number of nitrogens with zero attached hydrogens (tertiary/aromatic N) is 2. The summed E-state index contributed by atoms with van der Waals surface area (Å²) in [6.07, 6.45) is 0.511. The van der Waals surface area contributed by atoms with Crippen LogP contribution in [0.2, 0.25) is 0 Å². The van der Waals surface area contributed by atoms with E-state index in [4.69, 9.17) is 10.00 Å². The highest BCUT2D eigenvalue weighted by Gasteiger charge is 2.19. The van der Waals surface area contributed by atoms with E-state index in [0.29, 0.717) is 13.0 Å². The number of hydrogen-bond donors (Lipinski definition) is 1. The molecule has 0 fully saturated rings. The normalized spacial score (nSPS) is 10.9. The quantitative estimate of drug-likeness (QED) is 0.611. The van der Waals surface area contributed by atoms with Crippen LogP contribution in [0.25, 0.3) is 0 Å². The van der Waals surface area contributed by atoms with Crippen molar-refractivity contribution in [2.24, 2.45) is 5.41 Å². The maximum absolute atomic E-state index is 11.0. The Bertz CT molecular complexity index is 521. The molecule has 108 valence electrons. The van der Waals surface area contributed by atoms with Crippen molar-refractivity contribution in [3.8, 4) is 11.8 Å². The van der Waals surface area contributed by atoms with Crippen LogP contribution >= 0.6 is 0 Å². The first-order valence-corrected chi connectivity index (χ1v) is 6.35. The molecule has 1 N–H and O–H groups in total. The molecular formula is C14H19N3O3. The third-order valence-corrected chi connectivity index (χ3v) is 2.89. The Morgan fingerprint density at radius 1 is 1.50 bits per heavy atom. The summed E-state index contributed by atoms with van der Waals surface area (Å²) < 4.78 is 5.50. The summed E-state index contributed by atoms with van der Waals surface area (Å²) in [5, 5.41) is 22.9. The summed E-state index contributed by atoms with van der Waals surface area (Å²) in [5.41, 5.74) is 0.351. The molecule has 0 aliphatic carbocycles. The highest BCUT2D eigenvalue weighted by Crippen LogP contribution is 2.29. The SMILES string of the molecule is CNCc1ccc([N+](=O)[O-])c(OCCC(C)(C)C#N)c1. The zero-order chi connectivity index (χ0) is 15.2. The summed E-state index contributed by atoms with van der Waals surface area (Å²) in [6.45, 7) is 4.49. The van der Waals surface area contributed by atoms with Crippen LogP contribution in [0.1, 0.15) is 25.8 Å². The van der Waals surface area contributed by atoms with Crippen molar-refractivity contribution in [3.05, 3.63) is 33.9 Å². The summed E-state index contributed by atoms with van der Waals surface area (Å²) in [7, 11) is 1.80. The molecule has 6 nitrogen and oxygen atoms in total. The summed E-state index contributed by atoms with van der Waals surface area (Å²) >= 11 is 0. The summed E-state index contributed by atoms with van der Waals surface area (Å²) in [6, 6.07) is 6.97. The van der Waals surface area contributed by atoms with E-state index in [2.05, 4.69) is 11.4 Å². The molecule has 0 unspecified atom stereocenters. The minimum absolute atomic E-state index is 0.0559. The van der Waals surface area contributed by atoms with E-state index in [1.807, 2.05) is 13.8 Å². The van der Waals surface area contributed by atoms with E-state index in [1.165, 1.54) is 6.07 Å². The molecule has 0 saturated carbocycles. The number of rotatable bonds is 7. The number of ether oxygens (including phenoxy) is 1. The van der Waals surface area contributed by atoms with Gasteiger partial charge in [-0.25, -0.2) is 0 Å². The van der Waals surface area contributed by atoms with E-state index >= 15 is 0 Å². The molecule has 0 aliphatic rings. The lowest BCUT2D eigenvalue weighted by atomic mass is 9.92. The van der Waals surface area contributed by atoms with Crippen molar-refractivity contribution >= 4 is 5.69 Å². The number of benzene rings is 1. The molecule has 1 rings (SSSR count). The Morgan fingerprint density at radius 2 is 2.20 bits per heavy atom. The van der Waals surface area contributed by atoms with Crippen molar-refractivity contribution in [2.45, 2.75) is 26.8 Å². The van der Waals surface area contributed by atoms with Crippen LogP contribution in [-0.2, 0) is 6.54 Å². The lowest BCUT2D eigenvalue weighted by Gasteiger charge is -2.15. The number of hydrogen-bond acceptors (Lipinski definition) is 5. The Labute approximate surface area is 118 Å². The van der Waals surface area contributed by atoms with Crippen molar-refractivity contribution in [2.75, 3.05) is 13.7 Å². The van der Waals surface area contributed by atoms with Gasteiger partial charge in [0.1, 0.15) is 0 Å². The molecule has 0 saturated heterocycles. The minimum Gasteiger partial charge on any atom is -0.487 e. The van der Waals surface area contributed by atoms with Crippen molar-refractivity contribution in [1.29, 1.82) is 5.26 Å². The van der Waals surface area contributed by atoms with E-state index < -0.39 is 10.3 Å². The van der Waals surface area contributed by atoms with Crippen LogP contribution in [-0.4, -0.2) is 18.6 Å². The van der Waals surface area contributed by atoms with Gasteiger partial charge >= 0.3 is 5.69 Å². The van der Waals surface area contributed by atoms with Gasteiger partial charge < -0.3 is 10.1 Å². The van der Waals surface area contributed by atoms with Gasteiger partial charge in [0.2, 0.25) is 0 Å². The lowest BCUT2D eigenvalue weighted by Crippen LogP contribution is -2.14. The average Bonchev–Trinajstić information content (AvgIpc) is 2.39. The predicted molar refractivity (Wildman–Crippen MR) is 75.4 cm³/mol. The smallest absolute Gasteiger partial charge is 0.310 e. The van der Waals surface area contributed by atoms with Crippen LogP contribution in [0.3, 0.4) is 0 Å². The Hall–Kier alpha value is -2.13. The van der Waals surface area contributed by atoms with Crippen molar-refractivity contribution < 1.29 is 9.66 Å². The monoisotopic (exact) mass is 277 g/mol. The molecule has 6 heteroatoms. The molecule has 0 spiro atoms. The maximum Gasteiger partial charge on any atom is 0.310 e. The summed E-state index contributed by atoms with van der Waals surface area (Å²) in [5.74, 6) is 0.247. The van der Waals surface area contributed by atoms with Gasteiger partial charge in [0.15, 0.2) is 5.75 Å². The maximum atomic E-state index is 11.0. The van der Waals surface area contributed by atoms with Crippen molar-refractivity contribution in [3.63, 3.8) is 0 Å². The van der Waals surface area contributed by atoms with Crippen LogP contribution in [0, 0.1) is 26.9 Å². The third-order valence-electron chi connectivity index (χ3n) is 2.89. The van der Waals surface area contributed by atoms with Gasteiger partial charge in [-0.2, -0.15) is 5.26 Å². The Kier molecular flexibility index (Phi) is 5.47. The van der Waals surface area contributed by atoms with Gasteiger partial charge in [-0.15, -0.1) is 0 Å². The molecule has 0 aromatic heterocycles. The van der Waals surface area contributed by atoms with Crippen molar-refractivity contribution in [1.82, 2.24) is 5.32 Å². The first-order valence-electron chi connectivity index (χ1n) is 6.35. The van der Waals surface area contributed by atoms with E-state index in [1.54, 1.807) is 19.2 Å². The lowest BCUT2D eigenvalue weighted by molar-refractivity contribution is -0.385. The molecular weight excluding hydrogens is 258 g/mol. The first kappa shape index (κ1) is 15.9. The van der Waals surface area contributed by atoms with Gasteiger partial charge in [-0.05, 0) is 38.9 Å². The third kappa shape index (κ3) is 4.52. The molecule has 1 aromatic rings. The standard InChI is InChI=1S/C14H19N3O3/c1-14(2,10-15)6-7-20-13-8-11(9-16-3)4-5-12(13)17(18)19/h4-5,8,16H,6-7,9H2,1-3H3. The highest BCUT2D eigenvalue weighted by atomic mass is 16.6. The van der Waals surface area contributed by atoms with Gasteiger partial charge in [0.25, 0.3) is 0 Å². The van der Waals surface area contributed by atoms with Gasteiger partial charge in [-0.3, -0.25) is 10.1 Å². The van der Waals surface area contributed by atoms with Crippen LogP contribution in [0.4, 0.5) is 5.69 Å².